The van der Waals surface area contributed by atoms with Gasteiger partial charge in [0.2, 0.25) is 11.8 Å². The maximum atomic E-state index is 13.0. The summed E-state index contributed by atoms with van der Waals surface area (Å²) >= 11 is 1.34. The molecule has 0 spiro atoms. The van der Waals surface area contributed by atoms with Crippen molar-refractivity contribution in [2.75, 3.05) is 11.9 Å². The molecule has 0 aliphatic heterocycles. The second kappa shape index (κ2) is 13.4. The van der Waals surface area contributed by atoms with Gasteiger partial charge in [-0.25, -0.2) is 4.98 Å². The molecule has 1 aromatic heterocycles. The van der Waals surface area contributed by atoms with Crippen molar-refractivity contribution < 1.29 is 24.2 Å². The van der Waals surface area contributed by atoms with Crippen molar-refractivity contribution in [3.63, 3.8) is 0 Å². The fraction of sp³-hybridized carbons (Fsp3) is 0.414. The minimum atomic E-state index is -1.22. The number of carbonyl (C=O) groups is 2. The first-order valence-corrected chi connectivity index (χ1v) is 13.6. The molecule has 2 unspecified atom stereocenters. The van der Waals surface area contributed by atoms with E-state index in [4.69, 9.17) is 9.47 Å². The molecule has 204 valence electrons. The van der Waals surface area contributed by atoms with Crippen molar-refractivity contribution >= 4 is 28.3 Å². The van der Waals surface area contributed by atoms with E-state index >= 15 is 0 Å². The van der Waals surface area contributed by atoms with Gasteiger partial charge in [0, 0.05) is 6.20 Å². The Hall–Kier alpha value is -3.43. The number of nitrogens with zero attached hydrogens (tertiary/aromatic N) is 1. The van der Waals surface area contributed by atoms with E-state index in [0.717, 1.165) is 16.0 Å². The zero-order valence-electron chi connectivity index (χ0n) is 22.6. The average Bonchev–Trinajstić information content (AvgIpc) is 3.35. The second-order valence-corrected chi connectivity index (χ2v) is 11.0. The number of carbonyl (C=O) groups excluding carboxylic acids is 2. The van der Waals surface area contributed by atoms with E-state index in [1.807, 2.05) is 62.4 Å². The monoisotopic (exact) mass is 539 g/mol. The van der Waals surface area contributed by atoms with E-state index in [1.165, 1.54) is 11.3 Å². The molecule has 3 rings (SSSR count). The van der Waals surface area contributed by atoms with Crippen molar-refractivity contribution in [3.05, 3.63) is 60.3 Å². The van der Waals surface area contributed by atoms with Gasteiger partial charge in [0.25, 0.3) is 0 Å². The molecular formula is C29H37N3O5S. The van der Waals surface area contributed by atoms with Crippen LogP contribution in [0.15, 0.2) is 54.7 Å². The quantitative estimate of drug-likeness (QED) is 0.284. The number of nitrogens with one attached hydrogen (secondary N) is 2. The third kappa shape index (κ3) is 7.79. The zero-order chi connectivity index (χ0) is 27.7. The lowest BCUT2D eigenvalue weighted by molar-refractivity contribution is -0.137. The number of para-hydroxylation sites is 2. The number of benzene rings is 2. The smallest absolute Gasteiger partial charge is 0.250 e. The Kier molecular flexibility index (Phi) is 10.3. The molecule has 0 bridgehead atoms. The van der Waals surface area contributed by atoms with E-state index in [0.29, 0.717) is 42.7 Å². The summed E-state index contributed by atoms with van der Waals surface area (Å²) in [7, 11) is 0. The fourth-order valence-electron chi connectivity index (χ4n) is 3.74. The van der Waals surface area contributed by atoms with E-state index in [1.54, 1.807) is 27.0 Å². The van der Waals surface area contributed by atoms with Gasteiger partial charge in [0.1, 0.15) is 18.8 Å². The summed E-state index contributed by atoms with van der Waals surface area (Å²) in [6, 6.07) is 14.7. The van der Waals surface area contributed by atoms with Crippen LogP contribution in [0, 0.1) is 5.41 Å². The number of rotatable bonds is 12. The molecular weight excluding hydrogens is 502 g/mol. The van der Waals surface area contributed by atoms with Crippen LogP contribution in [-0.4, -0.2) is 40.7 Å². The number of amides is 2. The minimum absolute atomic E-state index is 0.334. The van der Waals surface area contributed by atoms with Crippen LogP contribution in [0.2, 0.25) is 0 Å². The number of hydrogen-bond acceptors (Lipinski definition) is 7. The maximum Gasteiger partial charge on any atom is 0.250 e. The number of hydrogen-bond donors (Lipinski definition) is 3. The van der Waals surface area contributed by atoms with E-state index in [2.05, 4.69) is 15.6 Å². The first-order valence-electron chi connectivity index (χ1n) is 12.8. The van der Waals surface area contributed by atoms with Crippen molar-refractivity contribution in [1.29, 1.82) is 0 Å². The first-order chi connectivity index (χ1) is 18.1. The van der Waals surface area contributed by atoms with E-state index < -0.39 is 23.5 Å². The van der Waals surface area contributed by atoms with Gasteiger partial charge in [-0.1, -0.05) is 81.9 Å². The largest absolute Gasteiger partial charge is 0.490 e. The molecule has 0 saturated heterocycles. The molecule has 1 heterocycles. The summed E-state index contributed by atoms with van der Waals surface area (Å²) in [4.78, 5) is 30.8. The summed E-state index contributed by atoms with van der Waals surface area (Å²) in [5, 5.41) is 16.2. The van der Waals surface area contributed by atoms with Gasteiger partial charge in [-0.3, -0.25) is 9.59 Å². The van der Waals surface area contributed by atoms with Crippen molar-refractivity contribution in [2.45, 2.75) is 66.2 Å². The highest BCUT2D eigenvalue weighted by Gasteiger charge is 2.32. The van der Waals surface area contributed by atoms with Gasteiger partial charge in [-0.15, -0.1) is 0 Å². The molecule has 3 N–H and O–H groups in total. The summed E-state index contributed by atoms with van der Waals surface area (Å²) in [6.45, 7) is 10.0. The standard InChI is InChI=1S/C29H37N3O5S/c1-6-12-21(31-27(35)25(33)29(3,4)5)26(34)32-28-30-17-24(38-28)20-14-9-8-13-19(20)18-37-23-16-11-10-15-22(23)36-7-2/h8-11,13-17,21,25,33H,6-7,12,18H2,1-5H3,(H,31,35)(H,30,32,34). The van der Waals surface area contributed by atoms with Crippen LogP contribution >= 0.6 is 11.3 Å². The highest BCUT2D eigenvalue weighted by Crippen LogP contribution is 2.33. The molecule has 8 nitrogen and oxygen atoms in total. The molecule has 2 atom stereocenters. The van der Waals surface area contributed by atoms with Crippen molar-refractivity contribution in [1.82, 2.24) is 10.3 Å². The molecule has 0 saturated carbocycles. The Morgan fingerprint density at radius 3 is 2.32 bits per heavy atom. The third-order valence-electron chi connectivity index (χ3n) is 5.83. The predicted octanol–water partition coefficient (Wildman–Crippen LogP) is 5.42. The maximum absolute atomic E-state index is 13.0. The van der Waals surface area contributed by atoms with Gasteiger partial charge >= 0.3 is 0 Å². The lowest BCUT2D eigenvalue weighted by Crippen LogP contribution is -2.50. The molecule has 38 heavy (non-hydrogen) atoms. The zero-order valence-corrected chi connectivity index (χ0v) is 23.4. The Bertz CT molecular complexity index is 1220. The van der Waals surface area contributed by atoms with Crippen LogP contribution in [0.25, 0.3) is 10.4 Å². The number of aromatic nitrogens is 1. The topological polar surface area (TPSA) is 110 Å². The molecule has 2 aromatic carbocycles. The Balaban J connectivity index is 1.71. The van der Waals surface area contributed by atoms with Crippen LogP contribution in [0.1, 0.15) is 53.0 Å². The second-order valence-electron chi connectivity index (χ2n) is 9.96. The Morgan fingerprint density at radius 2 is 1.66 bits per heavy atom. The van der Waals surface area contributed by atoms with Gasteiger partial charge in [-0.05, 0) is 42.0 Å². The summed E-state index contributed by atoms with van der Waals surface area (Å²) in [5.74, 6) is 0.429. The lowest BCUT2D eigenvalue weighted by Gasteiger charge is -2.26. The molecule has 3 aromatic rings. The van der Waals surface area contributed by atoms with Crippen LogP contribution in [-0.2, 0) is 16.2 Å². The predicted molar refractivity (Wildman–Crippen MR) is 150 cm³/mol. The Morgan fingerprint density at radius 1 is 1.00 bits per heavy atom. The van der Waals surface area contributed by atoms with Gasteiger partial charge in [-0.2, -0.15) is 0 Å². The van der Waals surface area contributed by atoms with Gasteiger partial charge in [0.05, 0.1) is 11.5 Å². The summed E-state index contributed by atoms with van der Waals surface area (Å²) in [5.41, 5.74) is 1.28. The van der Waals surface area contributed by atoms with Crippen molar-refractivity contribution in [2.24, 2.45) is 5.41 Å². The van der Waals surface area contributed by atoms with E-state index in [9.17, 15) is 14.7 Å². The Labute approximate surface area is 228 Å². The van der Waals surface area contributed by atoms with Crippen LogP contribution in [0.4, 0.5) is 5.13 Å². The first kappa shape index (κ1) is 29.1. The van der Waals surface area contributed by atoms with Crippen LogP contribution in [0.3, 0.4) is 0 Å². The number of aliphatic hydroxyl groups is 1. The molecule has 0 radical (unpaired) electrons. The van der Waals surface area contributed by atoms with Crippen LogP contribution in [0.5, 0.6) is 11.5 Å². The molecule has 0 aliphatic carbocycles. The SMILES string of the molecule is CCCC(NC(=O)C(O)C(C)(C)C)C(=O)Nc1ncc(-c2ccccc2COc2ccccc2OCC)s1. The highest BCUT2D eigenvalue weighted by molar-refractivity contribution is 7.19. The number of aliphatic hydroxyl groups excluding tert-OH is 1. The minimum Gasteiger partial charge on any atom is -0.490 e. The fourth-order valence-corrected chi connectivity index (χ4v) is 4.62. The third-order valence-corrected chi connectivity index (χ3v) is 6.78. The number of anilines is 1. The molecule has 0 aliphatic rings. The van der Waals surface area contributed by atoms with Crippen LogP contribution < -0.4 is 20.1 Å². The van der Waals surface area contributed by atoms with Gasteiger partial charge in [0.15, 0.2) is 16.6 Å². The summed E-state index contributed by atoms with van der Waals surface area (Å²) < 4.78 is 11.7. The van der Waals surface area contributed by atoms with Crippen molar-refractivity contribution in [3.8, 4) is 21.9 Å². The van der Waals surface area contributed by atoms with Gasteiger partial charge < -0.3 is 25.2 Å². The highest BCUT2D eigenvalue weighted by atomic mass is 32.1. The average molecular weight is 540 g/mol. The lowest BCUT2D eigenvalue weighted by atomic mass is 9.88. The molecule has 2 amide bonds. The molecule has 0 fully saturated rings. The number of ether oxygens (including phenoxy) is 2. The normalized spacial score (nSPS) is 12.9. The number of thiazole rings is 1. The molecule has 9 heteroatoms. The van der Waals surface area contributed by atoms with E-state index in [-0.39, 0.29) is 5.91 Å². The summed E-state index contributed by atoms with van der Waals surface area (Å²) in [6.07, 6.45) is 1.62.